The third-order valence-electron chi connectivity index (χ3n) is 3.45. The number of aromatic nitrogens is 1. The number of hydrogen-bond donors (Lipinski definition) is 2. The highest BCUT2D eigenvalue weighted by atomic mass is 32.2. The Labute approximate surface area is 152 Å². The van der Waals surface area contributed by atoms with Crippen LogP contribution in [0.5, 0.6) is 5.75 Å². The van der Waals surface area contributed by atoms with Gasteiger partial charge in [0, 0.05) is 34.3 Å². The van der Waals surface area contributed by atoms with Crippen LogP contribution >= 0.6 is 23.1 Å². The minimum atomic E-state index is -0.855. The van der Waals surface area contributed by atoms with Crippen molar-refractivity contribution in [2.45, 2.75) is 12.7 Å². The molecule has 0 amide bonds. The lowest BCUT2D eigenvalue weighted by atomic mass is 10.1. The van der Waals surface area contributed by atoms with Gasteiger partial charge in [-0.3, -0.25) is 14.4 Å². The van der Waals surface area contributed by atoms with Gasteiger partial charge >= 0.3 is 5.97 Å². The fourth-order valence-corrected chi connectivity index (χ4v) is 3.85. The molecular formula is C17H17NO5S2. The monoisotopic (exact) mass is 379 g/mol. The highest BCUT2D eigenvalue weighted by Gasteiger charge is 2.16. The quantitative estimate of drug-likeness (QED) is 0.567. The number of ketones is 1. The van der Waals surface area contributed by atoms with Crippen LogP contribution in [0.3, 0.4) is 0 Å². The Bertz CT molecular complexity index is 895. The molecule has 0 spiro atoms. The first-order chi connectivity index (χ1) is 11.8. The van der Waals surface area contributed by atoms with Crippen LogP contribution in [0.4, 0.5) is 0 Å². The van der Waals surface area contributed by atoms with Crippen LogP contribution in [0.15, 0.2) is 29.1 Å². The maximum absolute atomic E-state index is 12.3. The molecule has 2 aromatic heterocycles. The average Bonchev–Trinajstić information content (AvgIpc) is 2.98. The molecule has 2 aromatic rings. The van der Waals surface area contributed by atoms with Gasteiger partial charge in [0.2, 0.25) is 0 Å². The van der Waals surface area contributed by atoms with Gasteiger partial charge in [-0.1, -0.05) is 0 Å². The van der Waals surface area contributed by atoms with Gasteiger partial charge < -0.3 is 14.8 Å². The molecule has 0 radical (unpaired) electrons. The summed E-state index contributed by atoms with van der Waals surface area (Å²) in [6.07, 6.45) is 2.84. The minimum Gasteiger partial charge on any atom is -0.507 e. The zero-order valence-corrected chi connectivity index (χ0v) is 15.3. The predicted octanol–water partition coefficient (Wildman–Crippen LogP) is 2.67. The van der Waals surface area contributed by atoms with Crippen LogP contribution in [0.25, 0.3) is 6.08 Å². The SMILES string of the molecule is Cc1cc(O)c(C(=O)C=Cc2ccc(CSCC(=O)O)s2)c(=O)n1C. The molecule has 8 heteroatoms. The molecule has 0 aliphatic heterocycles. The molecule has 0 fully saturated rings. The molecule has 0 aliphatic rings. The summed E-state index contributed by atoms with van der Waals surface area (Å²) in [6, 6.07) is 5.07. The molecule has 132 valence electrons. The van der Waals surface area contributed by atoms with Gasteiger partial charge in [0.1, 0.15) is 11.3 Å². The highest BCUT2D eigenvalue weighted by Crippen LogP contribution is 2.23. The second-order valence-corrected chi connectivity index (χ2v) is 7.48. The van der Waals surface area contributed by atoms with E-state index in [1.165, 1.54) is 46.9 Å². The highest BCUT2D eigenvalue weighted by molar-refractivity contribution is 7.99. The molecule has 6 nitrogen and oxygen atoms in total. The van der Waals surface area contributed by atoms with Gasteiger partial charge in [-0.15, -0.1) is 23.1 Å². The lowest BCUT2D eigenvalue weighted by molar-refractivity contribution is -0.133. The maximum Gasteiger partial charge on any atom is 0.313 e. The summed E-state index contributed by atoms with van der Waals surface area (Å²) in [5, 5.41) is 18.5. The number of carboxylic acid groups (broad SMARTS) is 1. The van der Waals surface area contributed by atoms with E-state index in [0.29, 0.717) is 11.4 Å². The molecule has 0 saturated heterocycles. The molecule has 0 aromatic carbocycles. The fraction of sp³-hybridized carbons (Fsp3) is 0.235. The molecule has 0 unspecified atom stereocenters. The number of thiophene rings is 1. The van der Waals surface area contributed by atoms with E-state index in [1.54, 1.807) is 13.0 Å². The number of carbonyl (C=O) groups is 2. The van der Waals surface area contributed by atoms with Crippen molar-refractivity contribution in [1.29, 1.82) is 0 Å². The van der Waals surface area contributed by atoms with Crippen LogP contribution < -0.4 is 5.56 Å². The van der Waals surface area contributed by atoms with Gasteiger partial charge in [-0.2, -0.15) is 0 Å². The van der Waals surface area contributed by atoms with Gasteiger partial charge in [-0.25, -0.2) is 0 Å². The van der Waals surface area contributed by atoms with Gasteiger partial charge in [0.25, 0.3) is 5.56 Å². The Morgan fingerprint density at radius 3 is 2.76 bits per heavy atom. The smallest absolute Gasteiger partial charge is 0.313 e. The summed E-state index contributed by atoms with van der Waals surface area (Å²) in [7, 11) is 1.54. The average molecular weight is 379 g/mol. The van der Waals surface area contributed by atoms with Gasteiger partial charge in [-0.05, 0) is 31.2 Å². The zero-order chi connectivity index (χ0) is 18.6. The van der Waals surface area contributed by atoms with E-state index >= 15 is 0 Å². The number of nitrogens with zero attached hydrogens (tertiary/aromatic N) is 1. The van der Waals surface area contributed by atoms with Crippen LogP contribution in [-0.2, 0) is 17.6 Å². The number of aliphatic carboxylic acids is 1. The second kappa shape index (κ2) is 8.17. The van der Waals surface area contributed by atoms with E-state index in [1.807, 2.05) is 12.1 Å². The predicted molar refractivity (Wildman–Crippen MR) is 99.6 cm³/mol. The molecule has 0 saturated carbocycles. The third kappa shape index (κ3) is 4.83. The number of pyridine rings is 1. The largest absolute Gasteiger partial charge is 0.507 e. The molecule has 25 heavy (non-hydrogen) atoms. The Hall–Kier alpha value is -2.32. The van der Waals surface area contributed by atoms with Crippen LogP contribution in [-0.4, -0.2) is 32.3 Å². The number of carboxylic acids is 1. The van der Waals surface area contributed by atoms with Crippen LogP contribution in [0, 0.1) is 6.92 Å². The topological polar surface area (TPSA) is 96.6 Å². The molecule has 0 bridgehead atoms. The van der Waals surface area contributed by atoms with Crippen molar-refractivity contribution in [2.24, 2.45) is 7.05 Å². The van der Waals surface area contributed by atoms with E-state index in [4.69, 9.17) is 5.11 Å². The molecule has 0 atom stereocenters. The second-order valence-electron chi connectivity index (χ2n) is 5.30. The lowest BCUT2D eigenvalue weighted by Gasteiger charge is -2.07. The standard InChI is InChI=1S/C17H17NO5S2/c1-10-7-14(20)16(17(23)18(10)2)13(19)6-5-11-3-4-12(25-11)8-24-9-15(21)22/h3-7,20H,8-9H2,1-2H3,(H,21,22). The van der Waals surface area contributed by atoms with E-state index in [2.05, 4.69) is 0 Å². The van der Waals surface area contributed by atoms with E-state index < -0.39 is 17.3 Å². The van der Waals surface area contributed by atoms with E-state index in [-0.39, 0.29) is 17.1 Å². The Balaban J connectivity index is 2.11. The van der Waals surface area contributed by atoms with Crippen molar-refractivity contribution < 1.29 is 19.8 Å². The van der Waals surface area contributed by atoms with Crippen molar-refractivity contribution in [3.8, 4) is 5.75 Å². The number of hydrogen-bond acceptors (Lipinski definition) is 6. The van der Waals surface area contributed by atoms with E-state index in [9.17, 15) is 19.5 Å². The number of carbonyl (C=O) groups excluding carboxylic acids is 1. The van der Waals surface area contributed by atoms with Crippen molar-refractivity contribution in [1.82, 2.24) is 4.57 Å². The molecule has 2 N–H and O–H groups in total. The first kappa shape index (κ1) is 19.0. The van der Waals surface area contributed by atoms with Crippen LogP contribution in [0.2, 0.25) is 0 Å². The Kier molecular flexibility index (Phi) is 6.22. The minimum absolute atomic E-state index is 0.0392. The Morgan fingerprint density at radius 2 is 2.08 bits per heavy atom. The summed E-state index contributed by atoms with van der Waals surface area (Å²) >= 11 is 2.74. The van der Waals surface area contributed by atoms with Crippen molar-refractivity contribution in [3.63, 3.8) is 0 Å². The molecule has 0 aliphatic carbocycles. The molecule has 2 rings (SSSR count). The molecular weight excluding hydrogens is 362 g/mol. The van der Waals surface area contributed by atoms with Crippen molar-refractivity contribution in [2.75, 3.05) is 5.75 Å². The normalized spacial score (nSPS) is 11.1. The summed E-state index contributed by atoms with van der Waals surface area (Å²) in [5.41, 5.74) is -0.230. The number of allylic oxidation sites excluding steroid dienone is 1. The summed E-state index contributed by atoms with van der Waals surface area (Å²) in [6.45, 7) is 1.67. The fourth-order valence-electron chi connectivity index (χ4n) is 2.08. The third-order valence-corrected chi connectivity index (χ3v) is 5.65. The van der Waals surface area contributed by atoms with E-state index in [0.717, 1.165) is 9.75 Å². The zero-order valence-electron chi connectivity index (χ0n) is 13.7. The summed E-state index contributed by atoms with van der Waals surface area (Å²) in [5.74, 6) is -1.12. The number of aryl methyl sites for hydroxylation is 1. The first-order valence-corrected chi connectivity index (χ1v) is 9.27. The van der Waals surface area contributed by atoms with Crippen LogP contribution in [0.1, 0.15) is 25.8 Å². The number of aromatic hydroxyl groups is 1. The van der Waals surface area contributed by atoms with Gasteiger partial charge in [0.05, 0.1) is 5.75 Å². The molecule has 2 heterocycles. The van der Waals surface area contributed by atoms with Crippen molar-refractivity contribution >= 4 is 40.9 Å². The number of thioether (sulfide) groups is 1. The van der Waals surface area contributed by atoms with Crippen molar-refractivity contribution in [3.05, 3.63) is 55.6 Å². The van der Waals surface area contributed by atoms with Gasteiger partial charge in [0.15, 0.2) is 5.78 Å². The lowest BCUT2D eigenvalue weighted by Crippen LogP contribution is -2.25. The summed E-state index contributed by atoms with van der Waals surface area (Å²) < 4.78 is 1.31. The first-order valence-electron chi connectivity index (χ1n) is 7.30. The maximum atomic E-state index is 12.3. The summed E-state index contributed by atoms with van der Waals surface area (Å²) in [4.78, 5) is 36.7. The number of rotatable bonds is 7. The Morgan fingerprint density at radius 1 is 1.36 bits per heavy atom.